The molecule has 0 saturated carbocycles. The lowest BCUT2D eigenvalue weighted by Gasteiger charge is -2.34. The number of amides is 1. The van der Waals surface area contributed by atoms with E-state index in [2.05, 4.69) is 11.9 Å². The summed E-state index contributed by atoms with van der Waals surface area (Å²) in [6, 6.07) is 11.4. The Morgan fingerprint density at radius 2 is 1.97 bits per heavy atom. The highest BCUT2D eigenvalue weighted by molar-refractivity contribution is 7.91. The first-order valence-electron chi connectivity index (χ1n) is 12.2. The molecule has 0 bridgehead atoms. The Bertz CT molecular complexity index is 1240. The maximum Gasteiger partial charge on any atom is 0.272 e. The van der Waals surface area contributed by atoms with Gasteiger partial charge in [0, 0.05) is 31.5 Å². The Morgan fingerprint density at radius 1 is 1.22 bits per heavy atom. The Labute approximate surface area is 212 Å². The van der Waals surface area contributed by atoms with E-state index in [1.54, 1.807) is 12.1 Å². The van der Waals surface area contributed by atoms with Crippen molar-refractivity contribution in [2.24, 2.45) is 5.92 Å². The van der Waals surface area contributed by atoms with Crippen LogP contribution in [-0.4, -0.2) is 60.1 Å². The standard InChI is InChI=1S/C27H33N3O5S/c1-29-17-11-22(12-18-29)14-20-35-27(15-9-25(10-16-27)24-5-3-2-4-6-24)36(33,34)30-19-13-23(21-30)7-8-26(31)28-32/h2-10,13,15,19,21-22,32H,11-12,14,16-18,20H2,1H3,(H,28,31)/b8-7+. The van der Waals surface area contributed by atoms with Crippen LogP contribution in [0.3, 0.4) is 0 Å². The van der Waals surface area contributed by atoms with Crippen LogP contribution < -0.4 is 5.48 Å². The summed E-state index contributed by atoms with van der Waals surface area (Å²) in [7, 11) is -1.87. The van der Waals surface area contributed by atoms with Gasteiger partial charge >= 0.3 is 0 Å². The number of aromatic nitrogens is 1. The summed E-state index contributed by atoms with van der Waals surface area (Å²) < 4.78 is 35.2. The van der Waals surface area contributed by atoms with E-state index in [4.69, 9.17) is 9.94 Å². The quantitative estimate of drug-likeness (QED) is 0.303. The first-order chi connectivity index (χ1) is 17.3. The summed E-state index contributed by atoms with van der Waals surface area (Å²) in [6.07, 6.45) is 14.0. The molecular formula is C27H33N3O5S. The molecule has 1 atom stereocenters. The van der Waals surface area contributed by atoms with E-state index < -0.39 is 20.9 Å². The maximum absolute atomic E-state index is 13.9. The molecule has 2 aliphatic rings. The van der Waals surface area contributed by atoms with Gasteiger partial charge in [-0.1, -0.05) is 42.5 Å². The van der Waals surface area contributed by atoms with Crippen LogP contribution in [0.25, 0.3) is 11.6 Å². The van der Waals surface area contributed by atoms with Crippen LogP contribution in [0, 0.1) is 5.92 Å². The van der Waals surface area contributed by atoms with Gasteiger partial charge in [0.1, 0.15) is 0 Å². The van der Waals surface area contributed by atoms with Gasteiger partial charge in [-0.15, -0.1) is 0 Å². The van der Waals surface area contributed by atoms with Crippen LogP contribution in [0.4, 0.5) is 0 Å². The average molecular weight is 512 g/mol. The molecule has 1 aromatic heterocycles. The van der Waals surface area contributed by atoms with Gasteiger partial charge in [0.25, 0.3) is 15.9 Å². The lowest BCUT2D eigenvalue weighted by atomic mass is 9.94. The Morgan fingerprint density at radius 3 is 2.64 bits per heavy atom. The third-order valence-electron chi connectivity index (χ3n) is 6.88. The fourth-order valence-electron chi connectivity index (χ4n) is 4.60. The van der Waals surface area contributed by atoms with Crippen molar-refractivity contribution in [3.05, 3.63) is 84.2 Å². The smallest absolute Gasteiger partial charge is 0.272 e. The van der Waals surface area contributed by atoms with Crippen LogP contribution in [0.5, 0.6) is 0 Å². The number of nitrogens with one attached hydrogen (secondary N) is 1. The molecular weight excluding hydrogens is 478 g/mol. The molecule has 2 heterocycles. The number of hydrogen-bond acceptors (Lipinski definition) is 6. The summed E-state index contributed by atoms with van der Waals surface area (Å²) in [5.41, 5.74) is 3.98. The number of piperidine rings is 1. The third-order valence-corrected chi connectivity index (χ3v) is 8.96. The molecule has 1 unspecified atom stereocenters. The molecule has 1 amide bonds. The second kappa shape index (κ2) is 11.4. The molecule has 9 heteroatoms. The summed E-state index contributed by atoms with van der Waals surface area (Å²) in [5.74, 6) is -0.182. The normalized spacial score (nSPS) is 21.6. The van der Waals surface area contributed by atoms with Crippen LogP contribution in [-0.2, 0) is 19.6 Å². The Hall–Kier alpha value is -2.98. The zero-order chi connectivity index (χ0) is 25.6. The van der Waals surface area contributed by atoms with E-state index in [1.165, 1.54) is 23.9 Å². The van der Waals surface area contributed by atoms with Crippen molar-refractivity contribution in [1.29, 1.82) is 0 Å². The Kier molecular flexibility index (Phi) is 8.25. The van der Waals surface area contributed by atoms with E-state index in [0.29, 0.717) is 18.1 Å². The molecule has 1 aromatic carbocycles. The van der Waals surface area contributed by atoms with Gasteiger partial charge < -0.3 is 9.64 Å². The van der Waals surface area contributed by atoms with Crippen LogP contribution in [0.1, 0.15) is 36.8 Å². The molecule has 1 saturated heterocycles. The summed E-state index contributed by atoms with van der Waals surface area (Å²) in [5, 5.41) is 8.66. The minimum absolute atomic E-state index is 0.180. The molecule has 2 aromatic rings. The number of nitrogens with zero attached hydrogens (tertiary/aromatic N) is 2. The van der Waals surface area contributed by atoms with Gasteiger partial charge in [-0.2, -0.15) is 0 Å². The molecule has 8 nitrogen and oxygen atoms in total. The number of benzene rings is 1. The van der Waals surface area contributed by atoms with Crippen LogP contribution in [0.2, 0.25) is 0 Å². The molecule has 1 aliphatic heterocycles. The molecule has 1 aliphatic carbocycles. The van der Waals surface area contributed by atoms with Crippen molar-refractivity contribution in [2.75, 3.05) is 26.7 Å². The average Bonchev–Trinajstić information content (AvgIpc) is 3.39. The fourth-order valence-corrected chi connectivity index (χ4v) is 6.20. The maximum atomic E-state index is 13.9. The van der Waals surface area contributed by atoms with Crippen molar-refractivity contribution in [3.63, 3.8) is 0 Å². The van der Waals surface area contributed by atoms with Crippen LogP contribution in [0.15, 0.2) is 73.1 Å². The van der Waals surface area contributed by atoms with Crippen molar-refractivity contribution in [1.82, 2.24) is 14.4 Å². The van der Waals surface area contributed by atoms with Gasteiger partial charge in [0.05, 0.1) is 0 Å². The monoisotopic (exact) mass is 511 g/mol. The zero-order valence-electron chi connectivity index (χ0n) is 20.4. The van der Waals surface area contributed by atoms with E-state index >= 15 is 0 Å². The number of hydroxylamine groups is 1. The fraction of sp³-hybridized carbons (Fsp3) is 0.370. The van der Waals surface area contributed by atoms with E-state index in [9.17, 15) is 13.2 Å². The van der Waals surface area contributed by atoms with Crippen molar-refractivity contribution in [3.8, 4) is 0 Å². The molecule has 192 valence electrons. The molecule has 1 fully saturated rings. The molecule has 2 N–H and O–H groups in total. The van der Waals surface area contributed by atoms with E-state index in [0.717, 1.165) is 53.5 Å². The third kappa shape index (κ3) is 5.87. The Balaban J connectivity index is 1.56. The number of ether oxygens (including phenoxy) is 1. The number of carbonyl (C=O) groups excluding carboxylic acids is 1. The lowest BCUT2D eigenvalue weighted by molar-refractivity contribution is -0.124. The predicted molar refractivity (Wildman–Crippen MR) is 139 cm³/mol. The molecule has 0 radical (unpaired) electrons. The first kappa shape index (κ1) is 26.1. The highest BCUT2D eigenvalue weighted by atomic mass is 32.2. The molecule has 0 spiro atoms. The summed E-state index contributed by atoms with van der Waals surface area (Å²) >= 11 is 0. The summed E-state index contributed by atoms with van der Waals surface area (Å²) in [6.45, 7) is 2.44. The van der Waals surface area contributed by atoms with Gasteiger partial charge in [-0.25, -0.2) is 17.9 Å². The van der Waals surface area contributed by atoms with Crippen molar-refractivity contribution >= 4 is 27.6 Å². The van der Waals surface area contributed by atoms with Gasteiger partial charge in [0.2, 0.25) is 4.93 Å². The predicted octanol–water partition coefficient (Wildman–Crippen LogP) is 3.67. The number of hydrogen-bond donors (Lipinski definition) is 2. The highest BCUT2D eigenvalue weighted by Crippen LogP contribution is 2.36. The molecule has 36 heavy (non-hydrogen) atoms. The zero-order valence-corrected chi connectivity index (χ0v) is 21.2. The lowest BCUT2D eigenvalue weighted by Crippen LogP contribution is -2.44. The highest BCUT2D eigenvalue weighted by Gasteiger charge is 2.44. The minimum Gasteiger partial charge on any atom is -0.354 e. The van der Waals surface area contributed by atoms with Gasteiger partial charge in [0.15, 0.2) is 0 Å². The second-order valence-electron chi connectivity index (χ2n) is 9.35. The topological polar surface area (TPSA) is 101 Å². The first-order valence-corrected chi connectivity index (χ1v) is 13.6. The van der Waals surface area contributed by atoms with E-state index in [-0.39, 0.29) is 6.42 Å². The number of carbonyl (C=O) groups is 1. The molecule has 4 rings (SSSR count). The van der Waals surface area contributed by atoms with Gasteiger partial charge in [-0.05, 0) is 80.2 Å². The SMILES string of the molecule is CN1CCC(CCOC2(S(=O)(=O)n3ccc(/C=C/C(=O)NO)c3)C=CC(c3ccccc3)=CC2)CC1. The van der Waals surface area contributed by atoms with Crippen molar-refractivity contribution < 1.29 is 23.2 Å². The van der Waals surface area contributed by atoms with Gasteiger partial charge in [-0.3, -0.25) is 10.0 Å². The minimum atomic E-state index is -3.99. The van der Waals surface area contributed by atoms with E-state index in [1.807, 2.05) is 42.5 Å². The number of allylic oxidation sites excluding steroid dienone is 2. The van der Waals surface area contributed by atoms with Crippen LogP contribution >= 0.6 is 0 Å². The van der Waals surface area contributed by atoms with Crippen molar-refractivity contribution in [2.45, 2.75) is 30.6 Å². The largest absolute Gasteiger partial charge is 0.354 e. The second-order valence-corrected chi connectivity index (χ2v) is 11.4. The number of rotatable bonds is 9. The number of likely N-dealkylation sites (tertiary alicyclic amines) is 1. The summed E-state index contributed by atoms with van der Waals surface area (Å²) in [4.78, 5) is 12.1.